The second kappa shape index (κ2) is 26.0. The maximum absolute atomic E-state index is 13.1. The van der Waals surface area contributed by atoms with Gasteiger partial charge in [0.25, 0.3) is 5.91 Å². The first-order valence-corrected chi connectivity index (χ1v) is 23.2. The molecule has 0 saturated carbocycles. The van der Waals surface area contributed by atoms with Crippen LogP contribution in [0, 0.1) is 0 Å². The standard InChI is InChI=1S/C49H61N5O10S/c1-4-49(61,33-35(2)55)30-29-38-18-25-41(26-19-38)53-46(57)14-6-11-42(56)12-8-32-64-31-7-9-36-20-27-43(28-21-36)65(62,63)54-44(48(59)60)34-51-47(58)39-22-15-37(16-23-39)17-24-40-10-5-13-45(50-3)52-40/h4-5,10,13,15-16,18-23,25-28,44,54,61H,1,6-9,11-12,14,17,24,29-34H2,2-3H3,(H,50,52)(H,51,58)(H,53,57)(H,59,60)/t44-,49?/m0/s1. The van der Waals surface area contributed by atoms with E-state index >= 15 is 0 Å². The zero-order valence-electron chi connectivity index (χ0n) is 37.1. The second-order valence-electron chi connectivity index (χ2n) is 16.0. The summed E-state index contributed by atoms with van der Waals surface area (Å²) < 4.78 is 34.0. The van der Waals surface area contributed by atoms with Gasteiger partial charge in [0.05, 0.1) is 10.5 Å². The maximum Gasteiger partial charge on any atom is 0.323 e. The highest BCUT2D eigenvalue weighted by Gasteiger charge is 2.27. The summed E-state index contributed by atoms with van der Waals surface area (Å²) in [5, 5.41) is 28.6. The van der Waals surface area contributed by atoms with Crippen molar-refractivity contribution in [3.63, 3.8) is 0 Å². The fourth-order valence-electron chi connectivity index (χ4n) is 6.88. The molecule has 6 N–H and O–H groups in total. The summed E-state index contributed by atoms with van der Waals surface area (Å²) in [5.74, 6) is -1.45. The van der Waals surface area contributed by atoms with E-state index in [1.54, 1.807) is 43.4 Å². The number of anilines is 2. The molecule has 65 heavy (non-hydrogen) atoms. The predicted molar refractivity (Wildman–Crippen MR) is 249 cm³/mol. The first kappa shape index (κ1) is 51.6. The molecule has 2 amide bonds. The second-order valence-corrected chi connectivity index (χ2v) is 17.7. The van der Waals surface area contributed by atoms with E-state index in [1.807, 2.05) is 42.5 Å². The average molecular weight is 912 g/mol. The smallest absolute Gasteiger partial charge is 0.323 e. The van der Waals surface area contributed by atoms with Gasteiger partial charge < -0.3 is 30.9 Å². The molecule has 1 unspecified atom stereocenters. The Morgan fingerprint density at radius 1 is 0.800 bits per heavy atom. The molecule has 0 aliphatic carbocycles. The molecule has 0 bridgehead atoms. The third-order valence-electron chi connectivity index (χ3n) is 10.6. The van der Waals surface area contributed by atoms with Crippen molar-refractivity contribution in [1.29, 1.82) is 0 Å². The third kappa shape index (κ3) is 18.5. The van der Waals surface area contributed by atoms with Crippen LogP contribution in [0.15, 0.2) is 109 Å². The minimum atomic E-state index is -4.23. The normalized spacial score (nSPS) is 12.7. The lowest BCUT2D eigenvalue weighted by molar-refractivity contribution is -0.138. The van der Waals surface area contributed by atoms with Gasteiger partial charge in [-0.05, 0) is 124 Å². The van der Waals surface area contributed by atoms with Gasteiger partial charge in [-0.15, -0.1) is 6.58 Å². The summed E-state index contributed by atoms with van der Waals surface area (Å²) >= 11 is 0. The maximum atomic E-state index is 13.1. The average Bonchev–Trinajstić information content (AvgIpc) is 3.29. The van der Waals surface area contributed by atoms with Crippen LogP contribution in [0.3, 0.4) is 0 Å². The Hall–Kier alpha value is -6.07. The molecule has 1 aromatic heterocycles. The van der Waals surface area contributed by atoms with Gasteiger partial charge in [0.2, 0.25) is 15.9 Å². The number of carbonyl (C=O) groups is 5. The van der Waals surface area contributed by atoms with Crippen LogP contribution in [-0.2, 0) is 59.6 Å². The van der Waals surface area contributed by atoms with Gasteiger partial charge in [-0.1, -0.05) is 48.5 Å². The van der Waals surface area contributed by atoms with Crippen molar-refractivity contribution in [3.8, 4) is 0 Å². The van der Waals surface area contributed by atoms with Crippen LogP contribution in [0.1, 0.15) is 91.0 Å². The van der Waals surface area contributed by atoms with Crippen LogP contribution in [0.2, 0.25) is 0 Å². The van der Waals surface area contributed by atoms with Crippen LogP contribution in [-0.4, -0.2) is 91.4 Å². The number of ether oxygens (including phenoxy) is 1. The lowest BCUT2D eigenvalue weighted by Crippen LogP contribution is -2.48. The van der Waals surface area contributed by atoms with Crippen molar-refractivity contribution < 1.29 is 47.3 Å². The number of nitrogens with zero attached hydrogens (tertiary/aromatic N) is 1. The van der Waals surface area contributed by atoms with Crippen LogP contribution in [0.5, 0.6) is 0 Å². The molecular formula is C49H61N5O10S. The highest BCUT2D eigenvalue weighted by molar-refractivity contribution is 7.89. The Morgan fingerprint density at radius 3 is 2.09 bits per heavy atom. The van der Waals surface area contributed by atoms with Gasteiger partial charge in [0, 0.05) is 69.4 Å². The summed E-state index contributed by atoms with van der Waals surface area (Å²) in [5.41, 5.74) is 3.41. The first-order valence-electron chi connectivity index (χ1n) is 21.8. The van der Waals surface area contributed by atoms with E-state index in [4.69, 9.17) is 4.74 Å². The molecule has 4 rings (SSSR count). The fraction of sp³-hybridized carbons (Fsp3) is 0.388. The molecule has 0 aliphatic heterocycles. The number of rotatable bonds is 30. The summed E-state index contributed by atoms with van der Waals surface area (Å²) in [7, 11) is -2.42. The molecule has 3 aromatic carbocycles. The minimum absolute atomic E-state index is 0.0138. The number of Topliss-reactive ketones (excluding diaryl/α,β-unsaturated/α-hetero) is 2. The van der Waals surface area contributed by atoms with E-state index in [0.29, 0.717) is 82.3 Å². The number of pyridine rings is 1. The SMILES string of the molecule is C=CC(O)(CCc1ccc(NC(=O)CCCC(=O)CCCOCCCc2ccc(S(=O)(=O)N[C@@H](CNC(=O)c3ccc(CCc4cccc(NC)n4)cc3)C(=O)O)cc2)cc1)CC(C)=O. The summed E-state index contributed by atoms with van der Waals surface area (Å²) in [6, 6.07) is 24.4. The number of aromatic nitrogens is 1. The number of amides is 2. The Balaban J connectivity index is 1.07. The number of aliphatic carboxylic acids is 1. The molecule has 0 saturated heterocycles. The third-order valence-corrected chi connectivity index (χ3v) is 12.1. The molecule has 16 heteroatoms. The zero-order valence-corrected chi connectivity index (χ0v) is 38.0. The first-order chi connectivity index (χ1) is 31.1. The number of carboxylic acids is 1. The number of carboxylic acid groups (broad SMARTS) is 1. The summed E-state index contributed by atoms with van der Waals surface area (Å²) in [6.07, 6.45) is 6.80. The molecule has 15 nitrogen and oxygen atoms in total. The molecule has 4 aromatic rings. The molecule has 0 radical (unpaired) electrons. The van der Waals surface area contributed by atoms with E-state index in [-0.39, 0.29) is 41.6 Å². The number of hydrogen-bond donors (Lipinski definition) is 6. The molecule has 0 aliphatic rings. The van der Waals surface area contributed by atoms with Crippen molar-refractivity contribution in [2.45, 2.75) is 101 Å². The molecule has 0 spiro atoms. The Morgan fingerprint density at radius 2 is 1.43 bits per heavy atom. The Labute approximate surface area is 381 Å². The number of carbonyl (C=O) groups excluding carboxylic acids is 4. The number of benzene rings is 3. The minimum Gasteiger partial charge on any atom is -0.480 e. The Bertz CT molecular complexity index is 2320. The van der Waals surface area contributed by atoms with Gasteiger partial charge in [-0.2, -0.15) is 4.72 Å². The van der Waals surface area contributed by atoms with Gasteiger partial charge in [-0.25, -0.2) is 13.4 Å². The van der Waals surface area contributed by atoms with Crippen molar-refractivity contribution in [1.82, 2.24) is 15.0 Å². The van der Waals surface area contributed by atoms with Crippen molar-refractivity contribution in [2.24, 2.45) is 0 Å². The van der Waals surface area contributed by atoms with Crippen LogP contribution >= 0.6 is 0 Å². The van der Waals surface area contributed by atoms with Gasteiger partial charge in [-0.3, -0.25) is 24.0 Å². The summed E-state index contributed by atoms with van der Waals surface area (Å²) in [6.45, 7) is 5.44. The highest BCUT2D eigenvalue weighted by atomic mass is 32.2. The van der Waals surface area contributed by atoms with E-state index in [1.165, 1.54) is 25.1 Å². The molecule has 1 heterocycles. The van der Waals surface area contributed by atoms with Crippen LogP contribution < -0.4 is 20.7 Å². The van der Waals surface area contributed by atoms with Crippen LogP contribution in [0.4, 0.5) is 11.5 Å². The van der Waals surface area contributed by atoms with Crippen molar-refractivity contribution in [3.05, 3.63) is 132 Å². The van der Waals surface area contributed by atoms with E-state index in [0.717, 1.165) is 28.2 Å². The molecular weight excluding hydrogens is 851 g/mol. The van der Waals surface area contributed by atoms with Gasteiger partial charge >= 0.3 is 5.97 Å². The monoisotopic (exact) mass is 911 g/mol. The summed E-state index contributed by atoms with van der Waals surface area (Å²) in [4.78, 5) is 65.4. The van der Waals surface area contributed by atoms with Crippen LogP contribution in [0.25, 0.3) is 0 Å². The number of nitrogens with one attached hydrogen (secondary N) is 4. The molecule has 0 fully saturated rings. The fourth-order valence-corrected chi connectivity index (χ4v) is 8.06. The quantitative estimate of drug-likeness (QED) is 0.0261. The number of ketones is 2. The topological polar surface area (TPSA) is 230 Å². The predicted octanol–water partition coefficient (Wildman–Crippen LogP) is 6.01. The number of sulfonamides is 1. The van der Waals surface area contributed by atoms with Crippen molar-refractivity contribution in [2.75, 3.05) is 37.4 Å². The number of aryl methyl sites for hydroxylation is 4. The number of aliphatic hydroxyl groups is 1. The van der Waals surface area contributed by atoms with E-state index in [2.05, 4.69) is 32.2 Å². The molecule has 2 atom stereocenters. The molecule has 348 valence electrons. The lowest BCUT2D eigenvalue weighted by atomic mass is 9.90. The largest absolute Gasteiger partial charge is 0.480 e. The lowest BCUT2D eigenvalue weighted by Gasteiger charge is -2.23. The van der Waals surface area contributed by atoms with E-state index < -0.39 is 40.1 Å². The van der Waals surface area contributed by atoms with Gasteiger partial charge in [0.15, 0.2) is 0 Å². The van der Waals surface area contributed by atoms with E-state index in [9.17, 15) is 42.6 Å². The number of hydrogen-bond acceptors (Lipinski definition) is 11. The Kier molecular flexibility index (Phi) is 20.6. The zero-order chi connectivity index (χ0) is 47.2. The van der Waals surface area contributed by atoms with Crippen molar-refractivity contribution >= 4 is 50.9 Å². The van der Waals surface area contributed by atoms with Gasteiger partial charge in [0.1, 0.15) is 23.4 Å². The highest BCUT2D eigenvalue weighted by Crippen LogP contribution is 2.22.